The second-order valence-corrected chi connectivity index (χ2v) is 6.65. The molecule has 0 amide bonds. The number of benzene rings is 2. The fourth-order valence-corrected chi connectivity index (χ4v) is 2.80. The van der Waals surface area contributed by atoms with Gasteiger partial charge in [0.15, 0.2) is 5.96 Å². The van der Waals surface area contributed by atoms with Gasteiger partial charge in [-0.25, -0.2) is 4.98 Å². The van der Waals surface area contributed by atoms with E-state index < -0.39 is 0 Å². The van der Waals surface area contributed by atoms with Gasteiger partial charge in [0.2, 0.25) is 0 Å². The molecule has 0 spiro atoms. The van der Waals surface area contributed by atoms with Crippen LogP contribution < -0.4 is 15.4 Å². The maximum Gasteiger partial charge on any atom is 0.191 e. The van der Waals surface area contributed by atoms with Crippen LogP contribution in [0.15, 0.2) is 53.5 Å². The Labute approximate surface area is 187 Å². The molecule has 0 aliphatic carbocycles. The summed E-state index contributed by atoms with van der Waals surface area (Å²) >= 11 is 5.89. The van der Waals surface area contributed by atoms with Crippen LogP contribution in [0.2, 0.25) is 5.02 Å². The Hall–Kier alpha value is -2.00. The Morgan fingerprint density at radius 2 is 1.93 bits per heavy atom. The first-order valence-corrected chi connectivity index (χ1v) is 9.32. The molecule has 3 aromatic rings. The molecule has 1 heterocycles. The van der Waals surface area contributed by atoms with E-state index in [0.717, 1.165) is 41.5 Å². The molecule has 1 aromatic heterocycles. The third-order valence-corrected chi connectivity index (χ3v) is 4.28. The van der Waals surface area contributed by atoms with Gasteiger partial charge in [-0.1, -0.05) is 23.7 Å². The van der Waals surface area contributed by atoms with Crippen LogP contribution in [0.25, 0.3) is 11.0 Å². The third kappa shape index (κ3) is 6.56. The van der Waals surface area contributed by atoms with Gasteiger partial charge >= 0.3 is 0 Å². The van der Waals surface area contributed by atoms with Crippen LogP contribution in [-0.2, 0) is 6.42 Å². The standard InChI is InChI=1S/C20H24ClN5O.HI/c1-14(27-16-9-7-15(21)8-10-16)13-24-20(22-2)23-12-11-19-25-17-5-3-4-6-18(17)26-19;/h3-10,14H,11-13H2,1-2H3,(H,25,26)(H2,22,23,24);1H. The van der Waals surface area contributed by atoms with Crippen molar-refractivity contribution in [3.63, 3.8) is 0 Å². The van der Waals surface area contributed by atoms with Crippen molar-refractivity contribution >= 4 is 52.6 Å². The topological polar surface area (TPSA) is 74.3 Å². The fourth-order valence-electron chi connectivity index (χ4n) is 2.67. The molecule has 0 bridgehead atoms. The number of hydrogen-bond donors (Lipinski definition) is 3. The number of para-hydroxylation sites is 2. The lowest BCUT2D eigenvalue weighted by atomic mass is 10.3. The van der Waals surface area contributed by atoms with Gasteiger partial charge in [-0.3, -0.25) is 4.99 Å². The molecule has 6 nitrogen and oxygen atoms in total. The Balaban J connectivity index is 0.00000280. The van der Waals surface area contributed by atoms with Crippen molar-refractivity contribution in [2.45, 2.75) is 19.4 Å². The summed E-state index contributed by atoms with van der Waals surface area (Å²) in [5, 5.41) is 7.26. The Kier molecular flexibility index (Phi) is 8.85. The molecule has 150 valence electrons. The maximum absolute atomic E-state index is 5.89. The molecule has 0 aliphatic heterocycles. The van der Waals surface area contributed by atoms with E-state index in [1.54, 1.807) is 7.05 Å². The monoisotopic (exact) mass is 513 g/mol. The van der Waals surface area contributed by atoms with Crippen LogP contribution in [0.5, 0.6) is 5.75 Å². The van der Waals surface area contributed by atoms with E-state index in [1.807, 2.05) is 55.5 Å². The number of hydrogen-bond acceptors (Lipinski definition) is 3. The molecule has 28 heavy (non-hydrogen) atoms. The van der Waals surface area contributed by atoms with Gasteiger partial charge in [0.05, 0.1) is 17.6 Å². The first-order valence-electron chi connectivity index (χ1n) is 8.94. The highest BCUT2D eigenvalue weighted by Gasteiger charge is 2.07. The molecule has 1 unspecified atom stereocenters. The van der Waals surface area contributed by atoms with Crippen molar-refractivity contribution in [2.75, 3.05) is 20.1 Å². The highest BCUT2D eigenvalue weighted by atomic mass is 127. The molecular formula is C20H25ClIN5O. The molecule has 1 atom stereocenters. The van der Waals surface area contributed by atoms with Gasteiger partial charge in [0, 0.05) is 25.0 Å². The normalized spacial score (nSPS) is 12.3. The van der Waals surface area contributed by atoms with Crippen molar-refractivity contribution in [1.82, 2.24) is 20.6 Å². The zero-order valence-corrected chi connectivity index (χ0v) is 19.0. The van der Waals surface area contributed by atoms with Gasteiger partial charge in [-0.05, 0) is 43.3 Å². The lowest BCUT2D eigenvalue weighted by molar-refractivity contribution is 0.224. The molecule has 0 saturated carbocycles. The Bertz CT molecular complexity index is 864. The number of H-pyrrole nitrogens is 1. The van der Waals surface area contributed by atoms with Gasteiger partial charge in [-0.2, -0.15) is 0 Å². The summed E-state index contributed by atoms with van der Waals surface area (Å²) in [5.41, 5.74) is 2.05. The van der Waals surface area contributed by atoms with Gasteiger partial charge in [-0.15, -0.1) is 24.0 Å². The van der Waals surface area contributed by atoms with Crippen LogP contribution >= 0.6 is 35.6 Å². The van der Waals surface area contributed by atoms with Crippen LogP contribution in [0.4, 0.5) is 0 Å². The second-order valence-electron chi connectivity index (χ2n) is 6.21. The zero-order chi connectivity index (χ0) is 19.1. The lowest BCUT2D eigenvalue weighted by Gasteiger charge is -2.17. The van der Waals surface area contributed by atoms with Crippen LogP contribution in [0.3, 0.4) is 0 Å². The second kappa shape index (κ2) is 11.1. The highest BCUT2D eigenvalue weighted by Crippen LogP contribution is 2.16. The van der Waals surface area contributed by atoms with Crippen molar-refractivity contribution < 1.29 is 4.74 Å². The molecule has 2 aromatic carbocycles. The lowest BCUT2D eigenvalue weighted by Crippen LogP contribution is -2.42. The number of halogens is 2. The average Bonchev–Trinajstić information content (AvgIpc) is 3.09. The number of guanidine groups is 1. The number of aliphatic imine (C=N–C) groups is 1. The minimum atomic E-state index is -0.0138. The molecule has 0 radical (unpaired) electrons. The smallest absolute Gasteiger partial charge is 0.191 e. The first-order chi connectivity index (χ1) is 13.1. The van der Waals surface area contributed by atoms with E-state index in [4.69, 9.17) is 16.3 Å². The third-order valence-electron chi connectivity index (χ3n) is 4.02. The summed E-state index contributed by atoms with van der Waals surface area (Å²) in [5.74, 6) is 2.48. The number of aromatic nitrogens is 2. The molecule has 3 N–H and O–H groups in total. The number of ether oxygens (including phenoxy) is 1. The Morgan fingerprint density at radius 1 is 1.18 bits per heavy atom. The fraction of sp³-hybridized carbons (Fsp3) is 0.300. The van der Waals surface area contributed by atoms with Crippen LogP contribution in [0.1, 0.15) is 12.7 Å². The van der Waals surface area contributed by atoms with Crippen molar-refractivity contribution in [1.29, 1.82) is 0 Å². The first kappa shape index (κ1) is 22.3. The molecular weight excluding hydrogens is 489 g/mol. The molecule has 3 rings (SSSR count). The van der Waals surface area contributed by atoms with Gasteiger partial charge in [0.25, 0.3) is 0 Å². The summed E-state index contributed by atoms with van der Waals surface area (Å²) in [7, 11) is 1.75. The maximum atomic E-state index is 5.89. The predicted molar refractivity (Wildman–Crippen MR) is 126 cm³/mol. The average molecular weight is 514 g/mol. The number of fused-ring (bicyclic) bond motifs is 1. The quantitative estimate of drug-likeness (QED) is 0.254. The highest BCUT2D eigenvalue weighted by molar-refractivity contribution is 14.0. The number of imidazole rings is 1. The molecule has 0 fully saturated rings. The van der Waals surface area contributed by atoms with Crippen LogP contribution in [-0.4, -0.2) is 42.2 Å². The predicted octanol–water partition coefficient (Wildman–Crippen LogP) is 4.01. The molecule has 0 aliphatic rings. The van der Waals surface area contributed by atoms with Crippen molar-refractivity contribution in [2.24, 2.45) is 4.99 Å². The largest absolute Gasteiger partial charge is 0.489 e. The Morgan fingerprint density at radius 3 is 2.64 bits per heavy atom. The zero-order valence-electron chi connectivity index (χ0n) is 15.9. The number of nitrogens with zero attached hydrogens (tertiary/aromatic N) is 2. The van der Waals surface area contributed by atoms with Crippen LogP contribution in [0, 0.1) is 0 Å². The van der Waals surface area contributed by atoms with E-state index >= 15 is 0 Å². The van der Waals surface area contributed by atoms with Gasteiger partial charge < -0.3 is 20.4 Å². The van der Waals surface area contributed by atoms with Crippen molar-refractivity contribution in [3.05, 3.63) is 59.4 Å². The van der Waals surface area contributed by atoms with E-state index in [1.165, 1.54) is 0 Å². The van der Waals surface area contributed by atoms with Crippen molar-refractivity contribution in [3.8, 4) is 5.75 Å². The minimum absolute atomic E-state index is 0. The summed E-state index contributed by atoms with van der Waals surface area (Å²) in [4.78, 5) is 12.1. The summed E-state index contributed by atoms with van der Waals surface area (Å²) in [6.07, 6.45) is 0.770. The minimum Gasteiger partial charge on any atom is -0.489 e. The van der Waals surface area contributed by atoms with Gasteiger partial charge in [0.1, 0.15) is 17.7 Å². The number of nitrogens with one attached hydrogen (secondary N) is 3. The summed E-state index contributed by atoms with van der Waals surface area (Å²) < 4.78 is 5.85. The number of rotatable bonds is 7. The van der Waals surface area contributed by atoms with E-state index in [2.05, 4.69) is 25.6 Å². The molecule has 8 heteroatoms. The van der Waals surface area contributed by atoms with E-state index in [-0.39, 0.29) is 30.1 Å². The number of aromatic amines is 1. The SMILES string of the molecule is CN=C(NCCc1nc2ccccc2[nH]1)NCC(C)Oc1ccc(Cl)cc1.I. The summed E-state index contributed by atoms with van der Waals surface area (Å²) in [6, 6.07) is 15.4. The van der Waals surface area contributed by atoms with E-state index in [0.29, 0.717) is 11.6 Å². The molecule has 0 saturated heterocycles. The van der Waals surface area contributed by atoms with E-state index in [9.17, 15) is 0 Å². The summed E-state index contributed by atoms with van der Waals surface area (Å²) in [6.45, 7) is 3.36.